The predicted molar refractivity (Wildman–Crippen MR) is 107 cm³/mol. The number of nitrogens with one attached hydrogen (secondary N) is 2. The van der Waals surface area contributed by atoms with E-state index in [2.05, 4.69) is 10.6 Å². The standard InChI is InChI=1S/C21H29N3O5/c1-14(2)12-22-21(27)23-19(25)13-24-7-5-15(6-8-24)20(26)16-3-4-17-18(11-16)29-10-9-28-17/h3-4,11,14-15H,5-10,12-13H2,1-2H3,(H2,22,23,25,27). The van der Waals surface area contributed by atoms with Crippen LogP contribution in [0.4, 0.5) is 4.79 Å². The fraction of sp³-hybridized carbons (Fsp3) is 0.571. The Morgan fingerprint density at radius 2 is 1.79 bits per heavy atom. The molecule has 3 amide bonds. The molecule has 3 rings (SSSR count). The number of benzene rings is 1. The number of ketones is 1. The number of carbonyl (C=O) groups is 3. The van der Waals surface area contributed by atoms with E-state index in [0.29, 0.717) is 68.7 Å². The lowest BCUT2D eigenvalue weighted by atomic mass is 9.88. The van der Waals surface area contributed by atoms with Crippen LogP contribution in [0, 0.1) is 11.8 Å². The zero-order valence-corrected chi connectivity index (χ0v) is 17.0. The molecule has 2 N–H and O–H groups in total. The summed E-state index contributed by atoms with van der Waals surface area (Å²) in [6.07, 6.45) is 1.36. The van der Waals surface area contributed by atoms with Crippen molar-refractivity contribution in [3.8, 4) is 11.5 Å². The number of nitrogens with zero attached hydrogens (tertiary/aromatic N) is 1. The van der Waals surface area contributed by atoms with E-state index in [1.54, 1.807) is 18.2 Å². The maximum absolute atomic E-state index is 12.8. The van der Waals surface area contributed by atoms with Gasteiger partial charge in [0.25, 0.3) is 0 Å². The van der Waals surface area contributed by atoms with Crippen molar-refractivity contribution >= 4 is 17.7 Å². The number of ether oxygens (including phenoxy) is 2. The number of Topliss-reactive ketones (excluding diaryl/α,β-unsaturated/α-hetero) is 1. The third-order valence-electron chi connectivity index (χ3n) is 5.08. The highest BCUT2D eigenvalue weighted by Gasteiger charge is 2.28. The molecule has 1 aromatic rings. The maximum Gasteiger partial charge on any atom is 0.321 e. The molecule has 0 spiro atoms. The largest absolute Gasteiger partial charge is 0.486 e. The minimum Gasteiger partial charge on any atom is -0.486 e. The fourth-order valence-electron chi connectivity index (χ4n) is 3.50. The Bertz CT molecular complexity index is 757. The third kappa shape index (κ3) is 5.93. The molecule has 1 saturated heterocycles. The summed E-state index contributed by atoms with van der Waals surface area (Å²) in [5.41, 5.74) is 0.632. The topological polar surface area (TPSA) is 97.0 Å². The number of carbonyl (C=O) groups excluding carboxylic acids is 3. The number of likely N-dealkylation sites (tertiary alicyclic amines) is 1. The van der Waals surface area contributed by atoms with Crippen molar-refractivity contribution in [2.24, 2.45) is 11.8 Å². The second-order valence-electron chi connectivity index (χ2n) is 7.93. The average molecular weight is 403 g/mol. The van der Waals surface area contributed by atoms with Gasteiger partial charge in [0.15, 0.2) is 17.3 Å². The lowest BCUT2D eigenvalue weighted by Crippen LogP contribution is -2.47. The van der Waals surface area contributed by atoms with Gasteiger partial charge in [-0.1, -0.05) is 13.8 Å². The number of fused-ring (bicyclic) bond motifs is 1. The number of piperidine rings is 1. The van der Waals surface area contributed by atoms with E-state index in [4.69, 9.17) is 9.47 Å². The van der Waals surface area contributed by atoms with Gasteiger partial charge in [0.1, 0.15) is 13.2 Å². The fourth-order valence-corrected chi connectivity index (χ4v) is 3.50. The average Bonchev–Trinajstić information content (AvgIpc) is 2.72. The van der Waals surface area contributed by atoms with E-state index in [0.717, 1.165) is 0 Å². The summed E-state index contributed by atoms with van der Waals surface area (Å²) in [6, 6.07) is 4.86. The Hall–Kier alpha value is -2.61. The first-order valence-corrected chi connectivity index (χ1v) is 10.2. The highest BCUT2D eigenvalue weighted by Crippen LogP contribution is 2.32. The van der Waals surface area contributed by atoms with E-state index in [9.17, 15) is 14.4 Å². The summed E-state index contributed by atoms with van der Waals surface area (Å²) < 4.78 is 11.1. The van der Waals surface area contributed by atoms with Crippen molar-refractivity contribution < 1.29 is 23.9 Å². The zero-order chi connectivity index (χ0) is 20.8. The van der Waals surface area contributed by atoms with Gasteiger partial charge in [-0.05, 0) is 50.0 Å². The second-order valence-corrected chi connectivity index (χ2v) is 7.93. The molecule has 0 bridgehead atoms. The van der Waals surface area contributed by atoms with Gasteiger partial charge in [-0.3, -0.25) is 19.8 Å². The van der Waals surface area contributed by atoms with Crippen LogP contribution in [0.15, 0.2) is 18.2 Å². The lowest BCUT2D eigenvalue weighted by Gasteiger charge is -2.30. The van der Waals surface area contributed by atoms with Crippen LogP contribution in [0.2, 0.25) is 0 Å². The van der Waals surface area contributed by atoms with Gasteiger partial charge < -0.3 is 14.8 Å². The van der Waals surface area contributed by atoms with E-state index < -0.39 is 6.03 Å². The van der Waals surface area contributed by atoms with Crippen molar-refractivity contribution in [3.05, 3.63) is 23.8 Å². The summed E-state index contributed by atoms with van der Waals surface area (Å²) in [4.78, 5) is 38.5. The molecule has 158 valence electrons. The first kappa shape index (κ1) is 21.1. The van der Waals surface area contributed by atoms with Gasteiger partial charge in [-0.2, -0.15) is 0 Å². The second kappa shape index (κ2) is 9.73. The SMILES string of the molecule is CC(C)CNC(=O)NC(=O)CN1CCC(C(=O)c2ccc3c(c2)OCCO3)CC1. The smallest absolute Gasteiger partial charge is 0.321 e. The van der Waals surface area contributed by atoms with E-state index in [1.165, 1.54) is 0 Å². The van der Waals surface area contributed by atoms with E-state index in [-0.39, 0.29) is 24.2 Å². The molecule has 1 aromatic carbocycles. The molecule has 0 saturated carbocycles. The Balaban J connectivity index is 1.44. The van der Waals surface area contributed by atoms with Crippen molar-refractivity contribution in [2.45, 2.75) is 26.7 Å². The molecule has 2 aliphatic rings. The van der Waals surface area contributed by atoms with Crippen LogP contribution in [-0.4, -0.2) is 62.0 Å². The van der Waals surface area contributed by atoms with Crippen LogP contribution in [0.1, 0.15) is 37.0 Å². The number of amides is 3. The normalized spacial score (nSPS) is 17.1. The molecule has 8 nitrogen and oxygen atoms in total. The van der Waals surface area contributed by atoms with Gasteiger partial charge in [0.2, 0.25) is 5.91 Å². The van der Waals surface area contributed by atoms with Crippen molar-refractivity contribution in [3.63, 3.8) is 0 Å². The Morgan fingerprint density at radius 1 is 1.10 bits per heavy atom. The molecule has 0 atom stereocenters. The van der Waals surface area contributed by atoms with Crippen LogP contribution in [0.5, 0.6) is 11.5 Å². The third-order valence-corrected chi connectivity index (χ3v) is 5.08. The van der Waals surface area contributed by atoms with Gasteiger partial charge in [-0.15, -0.1) is 0 Å². The summed E-state index contributed by atoms with van der Waals surface area (Å²) in [7, 11) is 0. The highest BCUT2D eigenvalue weighted by atomic mass is 16.6. The van der Waals surface area contributed by atoms with Crippen LogP contribution in [-0.2, 0) is 4.79 Å². The van der Waals surface area contributed by atoms with Crippen molar-refractivity contribution in [2.75, 3.05) is 39.4 Å². The minimum atomic E-state index is -0.465. The summed E-state index contributed by atoms with van der Waals surface area (Å²) >= 11 is 0. The van der Waals surface area contributed by atoms with Crippen LogP contribution in [0.25, 0.3) is 0 Å². The monoisotopic (exact) mass is 403 g/mol. The number of imide groups is 1. The van der Waals surface area contributed by atoms with E-state index in [1.807, 2.05) is 18.7 Å². The molecule has 2 aliphatic heterocycles. The van der Waals surface area contributed by atoms with E-state index >= 15 is 0 Å². The summed E-state index contributed by atoms with van der Waals surface area (Å²) in [6.45, 7) is 6.93. The number of hydrogen-bond acceptors (Lipinski definition) is 6. The van der Waals surface area contributed by atoms with Crippen molar-refractivity contribution in [1.82, 2.24) is 15.5 Å². The Kier molecular flexibility index (Phi) is 7.09. The first-order valence-electron chi connectivity index (χ1n) is 10.2. The van der Waals surface area contributed by atoms with Gasteiger partial charge in [0, 0.05) is 18.0 Å². The molecule has 0 aromatic heterocycles. The predicted octanol–water partition coefficient (Wildman–Crippen LogP) is 1.83. The molecule has 8 heteroatoms. The quantitative estimate of drug-likeness (QED) is 0.704. The molecular formula is C21H29N3O5. The molecule has 29 heavy (non-hydrogen) atoms. The van der Waals surface area contributed by atoms with Gasteiger partial charge in [0.05, 0.1) is 6.54 Å². The number of rotatable bonds is 6. The molecule has 0 unspecified atom stereocenters. The molecule has 1 fully saturated rings. The summed E-state index contributed by atoms with van der Waals surface area (Å²) in [5, 5.41) is 5.01. The zero-order valence-electron chi connectivity index (χ0n) is 17.0. The molecular weight excluding hydrogens is 374 g/mol. The molecule has 2 heterocycles. The van der Waals surface area contributed by atoms with Gasteiger partial charge in [-0.25, -0.2) is 4.79 Å². The van der Waals surface area contributed by atoms with Gasteiger partial charge >= 0.3 is 6.03 Å². The molecule has 0 radical (unpaired) electrons. The van der Waals surface area contributed by atoms with Crippen LogP contribution < -0.4 is 20.1 Å². The maximum atomic E-state index is 12.8. The number of urea groups is 1. The first-order chi connectivity index (χ1) is 13.9. The van der Waals surface area contributed by atoms with Crippen molar-refractivity contribution in [1.29, 1.82) is 0 Å². The Morgan fingerprint density at radius 3 is 2.48 bits per heavy atom. The summed E-state index contributed by atoms with van der Waals surface area (Å²) in [5.74, 6) is 1.30. The minimum absolute atomic E-state index is 0.0776. The molecule has 0 aliphatic carbocycles. The van der Waals surface area contributed by atoms with Crippen LogP contribution >= 0.6 is 0 Å². The Labute approximate surface area is 170 Å². The lowest BCUT2D eigenvalue weighted by molar-refractivity contribution is -0.121. The highest BCUT2D eigenvalue weighted by molar-refractivity contribution is 5.98. The van der Waals surface area contributed by atoms with Crippen LogP contribution in [0.3, 0.4) is 0 Å². The number of hydrogen-bond donors (Lipinski definition) is 2.